The predicted molar refractivity (Wildman–Crippen MR) is 324 cm³/mol. The Morgan fingerprint density at radius 1 is 0.602 bits per heavy atom. The Kier molecular flexibility index (Phi) is 33.1. The summed E-state index contributed by atoms with van der Waals surface area (Å²) in [5.41, 5.74) is 17.2. The number of carbonyl (C=O) groups is 12. The molecule has 0 aromatic heterocycles. The number of amides is 11. The van der Waals surface area contributed by atoms with Crippen LogP contribution in [0.1, 0.15) is 126 Å². The summed E-state index contributed by atoms with van der Waals surface area (Å²) in [6, 6.07) is -6.39. The number of nitrogens with zero attached hydrogens (tertiary/aromatic N) is 1. The van der Waals surface area contributed by atoms with Gasteiger partial charge in [-0.2, -0.15) is 0 Å². The molecular formula is C58H97N15O15. The van der Waals surface area contributed by atoms with Gasteiger partial charge in [0, 0.05) is 13.0 Å². The van der Waals surface area contributed by atoms with Crippen molar-refractivity contribution in [2.24, 2.45) is 45.9 Å². The summed E-state index contributed by atoms with van der Waals surface area (Å²) in [4.78, 5) is 169. The second kappa shape index (κ2) is 38.3. The van der Waals surface area contributed by atoms with Crippen LogP contribution >= 0.6 is 0 Å². The third-order valence-electron chi connectivity index (χ3n) is 15.7. The average Bonchev–Trinajstić information content (AvgIpc) is 3.20. The number of primary amides is 1. The zero-order chi connectivity index (χ0) is 66.5. The second-order valence-corrected chi connectivity index (χ2v) is 22.4. The van der Waals surface area contributed by atoms with Gasteiger partial charge in [0.1, 0.15) is 66.5 Å². The molecule has 1 aliphatic rings. The highest BCUT2D eigenvalue weighted by Crippen LogP contribution is 2.17. The minimum atomic E-state index is -1.83. The Hall–Kier alpha value is -7.99. The summed E-state index contributed by atoms with van der Waals surface area (Å²) in [6.45, 7) is 14.2. The molecule has 0 aliphatic carbocycles. The molecule has 494 valence electrons. The van der Waals surface area contributed by atoms with Crippen LogP contribution in [0.2, 0.25) is 0 Å². The van der Waals surface area contributed by atoms with Crippen molar-refractivity contribution >= 4 is 76.9 Å². The first-order valence-corrected chi connectivity index (χ1v) is 30.0. The summed E-state index contributed by atoms with van der Waals surface area (Å²) in [7, 11) is 1.60. The lowest BCUT2D eigenvalue weighted by Crippen LogP contribution is -2.63. The molecule has 1 aliphatic heterocycles. The Labute approximate surface area is 514 Å². The SMILES string of the molecule is CC[C@@H](C)[C@H](NC(=O)[C@H](CCC(N)=O)NC(=O)[C@@H](CO)NC(=O)[C@H](NC(=O)[C@H](Cc1ccccc1)NC)[C@H](C)CC)C(=O)N[C@@H](C(=O)N[C@H](CO)C(=O)N[C@@H]1C(=O)N[C@H](C)C(=O)N[C@H](CCCN=C(N)N)C(=O)N[C@H]([C@H](C)CC)C(=O)O[C@@H]1C)[C@H](C)CC. The molecule has 30 nitrogen and oxygen atoms in total. The highest BCUT2D eigenvalue weighted by molar-refractivity contribution is 5.99. The van der Waals surface area contributed by atoms with E-state index in [0.29, 0.717) is 19.3 Å². The van der Waals surface area contributed by atoms with Crippen LogP contribution in [0.15, 0.2) is 35.3 Å². The maximum absolute atomic E-state index is 14.4. The van der Waals surface area contributed by atoms with Gasteiger partial charge in [-0.25, -0.2) is 4.79 Å². The van der Waals surface area contributed by atoms with Gasteiger partial charge in [-0.1, -0.05) is 111 Å². The molecule has 0 saturated carbocycles. The molecule has 19 N–H and O–H groups in total. The van der Waals surface area contributed by atoms with E-state index in [0.717, 1.165) is 5.56 Å². The summed E-state index contributed by atoms with van der Waals surface area (Å²) in [5, 5.41) is 49.2. The van der Waals surface area contributed by atoms with E-state index in [1.807, 2.05) is 30.3 Å². The van der Waals surface area contributed by atoms with Crippen LogP contribution in [-0.4, -0.2) is 186 Å². The number of guanidine groups is 1. The fraction of sp³-hybridized carbons (Fsp3) is 0.672. The zero-order valence-electron chi connectivity index (χ0n) is 52.5. The summed E-state index contributed by atoms with van der Waals surface area (Å²) in [5.74, 6) is -13.4. The smallest absolute Gasteiger partial charge is 0.329 e. The first-order chi connectivity index (χ1) is 41.5. The molecule has 2 rings (SSSR count). The average molecular weight is 1240 g/mol. The fourth-order valence-corrected chi connectivity index (χ4v) is 9.11. The molecule has 1 saturated heterocycles. The number of nitrogens with one attached hydrogen (secondary N) is 11. The molecule has 0 radical (unpaired) electrons. The van der Waals surface area contributed by atoms with Gasteiger partial charge in [0.15, 0.2) is 5.96 Å². The predicted octanol–water partition coefficient (Wildman–Crippen LogP) is -3.88. The Bertz CT molecular complexity index is 2560. The molecular weight excluding hydrogens is 1150 g/mol. The molecule has 30 heteroatoms. The lowest BCUT2D eigenvalue weighted by atomic mass is 9.94. The van der Waals surface area contributed by atoms with E-state index in [2.05, 4.69) is 63.5 Å². The van der Waals surface area contributed by atoms with Crippen molar-refractivity contribution in [1.29, 1.82) is 0 Å². The number of nitrogens with two attached hydrogens (primary N) is 3. The molecule has 1 fully saturated rings. The number of esters is 1. The highest BCUT2D eigenvalue weighted by Gasteiger charge is 2.41. The van der Waals surface area contributed by atoms with E-state index in [1.54, 1.807) is 62.4 Å². The van der Waals surface area contributed by atoms with Crippen LogP contribution in [0.3, 0.4) is 0 Å². The molecule has 1 aromatic carbocycles. The van der Waals surface area contributed by atoms with E-state index in [-0.39, 0.29) is 38.2 Å². The number of aliphatic hydroxyl groups excluding tert-OH is 2. The monoisotopic (exact) mass is 1240 g/mol. The topological polar surface area (TPSA) is 477 Å². The van der Waals surface area contributed by atoms with Gasteiger partial charge in [-0.3, -0.25) is 57.7 Å². The van der Waals surface area contributed by atoms with Gasteiger partial charge in [0.2, 0.25) is 65.0 Å². The number of hydrogen-bond donors (Lipinski definition) is 16. The van der Waals surface area contributed by atoms with Crippen LogP contribution in [0.4, 0.5) is 0 Å². The van der Waals surface area contributed by atoms with Crippen LogP contribution in [0.5, 0.6) is 0 Å². The van der Waals surface area contributed by atoms with Crippen LogP contribution in [-0.2, 0) is 68.7 Å². The maximum atomic E-state index is 14.4. The van der Waals surface area contributed by atoms with Crippen molar-refractivity contribution in [2.45, 2.75) is 200 Å². The first kappa shape index (κ1) is 76.1. The number of cyclic esters (lactones) is 1. The number of likely N-dealkylation sites (N-methyl/N-ethyl adjacent to an activating group) is 1. The van der Waals surface area contributed by atoms with Crippen molar-refractivity contribution < 1.29 is 72.5 Å². The third kappa shape index (κ3) is 24.3. The number of benzene rings is 1. The molecule has 1 aromatic rings. The van der Waals surface area contributed by atoms with Gasteiger partial charge in [0.05, 0.1) is 19.3 Å². The Morgan fingerprint density at radius 2 is 1.08 bits per heavy atom. The van der Waals surface area contributed by atoms with E-state index in [1.165, 1.54) is 13.8 Å². The highest BCUT2D eigenvalue weighted by atomic mass is 16.5. The molecule has 16 atom stereocenters. The molecule has 0 unspecified atom stereocenters. The number of rotatable bonds is 34. The lowest BCUT2D eigenvalue weighted by molar-refractivity contribution is -0.157. The molecule has 11 amide bonds. The summed E-state index contributed by atoms with van der Waals surface area (Å²) >= 11 is 0. The number of carbonyl (C=O) groups excluding carboxylic acids is 12. The lowest BCUT2D eigenvalue weighted by Gasteiger charge is -2.31. The summed E-state index contributed by atoms with van der Waals surface area (Å²) < 4.78 is 5.71. The normalized spacial score (nSPS) is 21.0. The van der Waals surface area contributed by atoms with Gasteiger partial charge in [-0.05, 0) is 75.8 Å². The third-order valence-corrected chi connectivity index (χ3v) is 15.7. The van der Waals surface area contributed by atoms with Gasteiger partial charge < -0.3 is 90.6 Å². The van der Waals surface area contributed by atoms with E-state index < -0.39 is 193 Å². The van der Waals surface area contributed by atoms with Crippen LogP contribution in [0.25, 0.3) is 0 Å². The van der Waals surface area contributed by atoms with Crippen LogP contribution < -0.4 is 75.7 Å². The number of hydrogen-bond acceptors (Lipinski definition) is 17. The minimum absolute atomic E-state index is 0.0239. The fourth-order valence-electron chi connectivity index (χ4n) is 9.11. The largest absolute Gasteiger partial charge is 0.458 e. The van der Waals surface area contributed by atoms with Crippen molar-refractivity contribution in [3.8, 4) is 0 Å². The van der Waals surface area contributed by atoms with Crippen molar-refractivity contribution in [3.05, 3.63) is 35.9 Å². The maximum Gasteiger partial charge on any atom is 0.329 e. The number of aliphatic imine (C=N–C) groups is 1. The number of ether oxygens (including phenoxy) is 1. The van der Waals surface area contributed by atoms with E-state index in [4.69, 9.17) is 21.9 Å². The quantitative estimate of drug-likeness (QED) is 0.0136. The molecule has 0 spiro atoms. The zero-order valence-corrected chi connectivity index (χ0v) is 52.5. The minimum Gasteiger partial charge on any atom is -0.458 e. The molecule has 1 heterocycles. The Morgan fingerprint density at radius 3 is 1.56 bits per heavy atom. The van der Waals surface area contributed by atoms with Crippen LogP contribution in [0, 0.1) is 23.7 Å². The standard InChI is InChI=1S/C58H97N15O15/c1-12-29(5)42(70-50(80)38(62-11)26-35-20-17-16-18-21-35)53(83)67-39(27-74)51(81)66-37(23-24-41(59)76)49(79)69-44(31(7)14-3)55(85)71-43(30(6)13-2)54(84)68-40(28-75)52(82)73-46-34(10)88-57(87)45(32(8)15-4)72-48(78)36(22-19-25-63-58(60)61)65-47(77)33(9)64-56(46)86/h16-18,20-21,29-34,36-40,42-46,62,74-75H,12-15,19,22-28H2,1-11H3,(H2,59,76)(H,64,86)(H,65,77)(H,66,81)(H,67,83)(H,68,84)(H,69,79)(H,70,80)(H,71,85)(H,72,78)(H,73,82)(H4,60,61,63)/t29-,30-,31-,32-,33-,34-,36-,37+,38+,39-,40-,42-,43-,44+,45-,46+/m1/s1. The van der Waals surface area contributed by atoms with Crippen molar-refractivity contribution in [3.63, 3.8) is 0 Å². The van der Waals surface area contributed by atoms with Gasteiger partial charge in [-0.15, -0.1) is 0 Å². The number of aliphatic hydroxyl groups is 2. The molecule has 88 heavy (non-hydrogen) atoms. The Balaban J connectivity index is 2.41. The van der Waals surface area contributed by atoms with Crippen molar-refractivity contribution in [1.82, 2.24) is 58.5 Å². The molecule has 0 bridgehead atoms. The van der Waals surface area contributed by atoms with Gasteiger partial charge in [0.25, 0.3) is 0 Å². The first-order valence-electron chi connectivity index (χ1n) is 30.0. The van der Waals surface area contributed by atoms with E-state index in [9.17, 15) is 67.7 Å². The van der Waals surface area contributed by atoms with E-state index >= 15 is 0 Å². The second-order valence-electron chi connectivity index (χ2n) is 22.4. The summed E-state index contributed by atoms with van der Waals surface area (Å²) in [6.07, 6.45) is -0.509. The van der Waals surface area contributed by atoms with Gasteiger partial charge >= 0.3 is 5.97 Å². The van der Waals surface area contributed by atoms with Crippen molar-refractivity contribution in [2.75, 3.05) is 26.8 Å².